The molecule has 1 aromatic heterocycles. The van der Waals surface area contributed by atoms with E-state index in [4.69, 9.17) is 0 Å². The van der Waals surface area contributed by atoms with Crippen LogP contribution in [0.2, 0.25) is 0 Å². The summed E-state index contributed by atoms with van der Waals surface area (Å²) in [6, 6.07) is 68.7. The first kappa shape index (κ1) is 28.8. The van der Waals surface area contributed by atoms with Crippen molar-refractivity contribution in [3.05, 3.63) is 188 Å². The van der Waals surface area contributed by atoms with Crippen LogP contribution in [0.1, 0.15) is 0 Å². The lowest BCUT2D eigenvalue weighted by Crippen LogP contribution is -2.09. The summed E-state index contributed by atoms with van der Waals surface area (Å²) in [7, 11) is 0. The van der Waals surface area contributed by atoms with Crippen LogP contribution in [-0.2, 0) is 0 Å². The van der Waals surface area contributed by atoms with Crippen LogP contribution in [0.15, 0.2) is 188 Å². The quantitative estimate of drug-likeness (QED) is 0.167. The minimum absolute atomic E-state index is 1.12. The molecule has 50 heavy (non-hydrogen) atoms. The molecule has 0 aliphatic rings. The zero-order valence-electron chi connectivity index (χ0n) is 27.3. The maximum atomic E-state index is 2.39. The average molecular weight is 654 g/mol. The molecule has 0 aliphatic carbocycles. The van der Waals surface area contributed by atoms with Gasteiger partial charge in [0.05, 0.1) is 0 Å². The van der Waals surface area contributed by atoms with Crippen molar-refractivity contribution in [3.63, 3.8) is 0 Å². The van der Waals surface area contributed by atoms with E-state index >= 15 is 0 Å². The Hall–Kier alpha value is -6.22. The summed E-state index contributed by atoms with van der Waals surface area (Å²) < 4.78 is 2.61. The molecule has 1 heterocycles. The summed E-state index contributed by atoms with van der Waals surface area (Å²) in [4.78, 5) is 2.39. The molecule has 1 nitrogen and oxygen atoms in total. The standard InChI is InChI=1S/C48H31NS/c1-2-10-32(11-3-1)33-18-22-38(23-19-33)49(40-26-27-44-46-28-35-12-4-5-13-36(35)30-47(46)50-48(44)31-40)39-24-20-34(21-25-39)45-29-37-14-6-7-15-41(37)42-16-8-9-17-43(42)45/h1-31H. The Kier molecular flexibility index (Phi) is 6.75. The van der Waals surface area contributed by atoms with Gasteiger partial charge in [0.1, 0.15) is 0 Å². The van der Waals surface area contributed by atoms with Gasteiger partial charge in [0.15, 0.2) is 0 Å². The Balaban J connectivity index is 1.11. The largest absolute Gasteiger partial charge is 0.310 e. The van der Waals surface area contributed by atoms with Crippen molar-refractivity contribution in [1.29, 1.82) is 0 Å². The van der Waals surface area contributed by atoms with E-state index in [0.717, 1.165) is 17.1 Å². The normalized spacial score (nSPS) is 11.6. The van der Waals surface area contributed by atoms with Crippen molar-refractivity contribution in [1.82, 2.24) is 0 Å². The SMILES string of the molecule is c1ccc(-c2ccc(N(c3ccc(-c4cc5ccccc5c5ccccc45)cc3)c3ccc4c(c3)sc3cc5ccccc5cc34)cc2)cc1. The fraction of sp³-hybridized carbons (Fsp3) is 0. The zero-order chi connectivity index (χ0) is 33.0. The molecule has 10 rings (SSSR count). The van der Waals surface area contributed by atoms with E-state index in [1.807, 2.05) is 11.3 Å². The van der Waals surface area contributed by atoms with Crippen LogP contribution in [0.4, 0.5) is 17.1 Å². The minimum atomic E-state index is 1.12. The molecule has 0 amide bonds. The molecule has 2 heteroatoms. The van der Waals surface area contributed by atoms with Crippen LogP contribution in [0.25, 0.3) is 74.7 Å². The Morgan fingerprint density at radius 3 is 1.58 bits per heavy atom. The van der Waals surface area contributed by atoms with E-state index < -0.39 is 0 Å². The molecule has 0 fully saturated rings. The van der Waals surface area contributed by atoms with Gasteiger partial charge in [0.25, 0.3) is 0 Å². The number of hydrogen-bond donors (Lipinski definition) is 0. The molecule has 0 unspecified atom stereocenters. The molecule has 234 valence electrons. The molecular formula is C48H31NS. The van der Waals surface area contributed by atoms with E-state index in [0.29, 0.717) is 0 Å². The molecule has 0 N–H and O–H groups in total. The number of thiophene rings is 1. The molecule has 9 aromatic carbocycles. The highest BCUT2D eigenvalue weighted by molar-refractivity contribution is 7.25. The monoisotopic (exact) mass is 653 g/mol. The van der Waals surface area contributed by atoms with Gasteiger partial charge in [0.2, 0.25) is 0 Å². The van der Waals surface area contributed by atoms with Gasteiger partial charge < -0.3 is 4.90 Å². The van der Waals surface area contributed by atoms with Crippen LogP contribution in [0.5, 0.6) is 0 Å². The van der Waals surface area contributed by atoms with E-state index in [2.05, 4.69) is 193 Å². The summed E-state index contributed by atoms with van der Waals surface area (Å²) in [5.41, 5.74) is 8.28. The van der Waals surface area contributed by atoms with E-state index in [-0.39, 0.29) is 0 Å². The van der Waals surface area contributed by atoms with Gasteiger partial charge in [-0.3, -0.25) is 0 Å². The highest BCUT2D eigenvalue weighted by Gasteiger charge is 2.17. The molecule has 0 spiro atoms. The minimum Gasteiger partial charge on any atom is -0.310 e. The maximum absolute atomic E-state index is 2.39. The molecule has 10 aromatic rings. The van der Waals surface area contributed by atoms with Gasteiger partial charge in [-0.25, -0.2) is 0 Å². The first-order chi connectivity index (χ1) is 24.8. The number of benzene rings is 9. The first-order valence-electron chi connectivity index (χ1n) is 17.1. The molecule has 0 saturated heterocycles. The Morgan fingerprint density at radius 2 is 0.840 bits per heavy atom. The number of anilines is 3. The van der Waals surface area contributed by atoms with Gasteiger partial charge in [-0.1, -0.05) is 133 Å². The highest BCUT2D eigenvalue weighted by Crippen LogP contribution is 2.43. The van der Waals surface area contributed by atoms with Crippen LogP contribution in [0.3, 0.4) is 0 Å². The van der Waals surface area contributed by atoms with Crippen molar-refractivity contribution < 1.29 is 0 Å². The summed E-state index contributed by atoms with van der Waals surface area (Å²) in [5.74, 6) is 0. The maximum Gasteiger partial charge on any atom is 0.0476 e. The van der Waals surface area contributed by atoms with E-state index in [1.54, 1.807) is 0 Å². The van der Waals surface area contributed by atoms with Gasteiger partial charge in [-0.15, -0.1) is 11.3 Å². The van der Waals surface area contributed by atoms with Crippen LogP contribution >= 0.6 is 11.3 Å². The lowest BCUT2D eigenvalue weighted by molar-refractivity contribution is 1.29. The average Bonchev–Trinajstić information content (AvgIpc) is 3.54. The van der Waals surface area contributed by atoms with E-state index in [1.165, 1.54) is 74.7 Å². The topological polar surface area (TPSA) is 3.24 Å². The fourth-order valence-corrected chi connectivity index (χ4v) is 8.72. The highest BCUT2D eigenvalue weighted by atomic mass is 32.1. The zero-order valence-corrected chi connectivity index (χ0v) is 28.1. The predicted octanol–water partition coefficient (Wildman–Crippen LogP) is 14.3. The van der Waals surface area contributed by atoms with E-state index in [9.17, 15) is 0 Å². The number of rotatable bonds is 5. The van der Waals surface area contributed by atoms with Crippen LogP contribution < -0.4 is 4.90 Å². The van der Waals surface area contributed by atoms with Gasteiger partial charge in [-0.2, -0.15) is 0 Å². The Bertz CT molecular complexity index is 2850. The first-order valence-corrected chi connectivity index (χ1v) is 17.9. The molecule has 0 bridgehead atoms. The summed E-state index contributed by atoms with van der Waals surface area (Å²) in [6.45, 7) is 0. The Labute approximate surface area is 294 Å². The molecular weight excluding hydrogens is 623 g/mol. The number of nitrogens with zero attached hydrogens (tertiary/aromatic N) is 1. The second-order valence-corrected chi connectivity index (χ2v) is 14.0. The van der Waals surface area contributed by atoms with Crippen molar-refractivity contribution >= 4 is 80.9 Å². The van der Waals surface area contributed by atoms with Crippen LogP contribution in [-0.4, -0.2) is 0 Å². The third-order valence-corrected chi connectivity index (χ3v) is 11.1. The lowest BCUT2D eigenvalue weighted by atomic mass is 9.93. The number of fused-ring (bicyclic) bond motifs is 7. The van der Waals surface area contributed by atoms with Crippen molar-refractivity contribution in [2.75, 3.05) is 4.90 Å². The smallest absolute Gasteiger partial charge is 0.0476 e. The molecule has 0 atom stereocenters. The van der Waals surface area contributed by atoms with Crippen molar-refractivity contribution in [3.8, 4) is 22.3 Å². The molecule has 0 aliphatic heterocycles. The molecule has 0 saturated carbocycles. The lowest BCUT2D eigenvalue weighted by Gasteiger charge is -2.26. The van der Waals surface area contributed by atoms with Crippen molar-refractivity contribution in [2.24, 2.45) is 0 Å². The van der Waals surface area contributed by atoms with Gasteiger partial charge in [-0.05, 0) is 109 Å². The third kappa shape index (κ3) is 4.84. The Morgan fingerprint density at radius 1 is 0.300 bits per heavy atom. The summed E-state index contributed by atoms with van der Waals surface area (Å²) in [6.07, 6.45) is 0. The van der Waals surface area contributed by atoms with Crippen molar-refractivity contribution in [2.45, 2.75) is 0 Å². The third-order valence-electron chi connectivity index (χ3n) is 10.0. The summed E-state index contributed by atoms with van der Waals surface area (Å²) >= 11 is 1.87. The van der Waals surface area contributed by atoms with Crippen LogP contribution in [0, 0.1) is 0 Å². The van der Waals surface area contributed by atoms with Gasteiger partial charge in [0, 0.05) is 37.2 Å². The van der Waals surface area contributed by atoms with Gasteiger partial charge >= 0.3 is 0 Å². The predicted molar refractivity (Wildman–Crippen MR) is 217 cm³/mol. The number of hydrogen-bond acceptors (Lipinski definition) is 2. The molecule has 0 radical (unpaired) electrons. The fourth-order valence-electron chi connectivity index (χ4n) is 7.55. The summed E-state index contributed by atoms with van der Waals surface area (Å²) in [5, 5.41) is 10.3. The second-order valence-electron chi connectivity index (χ2n) is 13.0. The second kappa shape index (κ2) is 11.7.